The van der Waals surface area contributed by atoms with E-state index in [4.69, 9.17) is 32.9 Å². The molecule has 0 aliphatic rings. The second-order valence-corrected chi connectivity index (χ2v) is 9.66. The number of hydrogen-bond donors (Lipinski definition) is 0. The van der Waals surface area contributed by atoms with Crippen LogP contribution in [0.1, 0.15) is 27.3 Å². The molecule has 4 aromatic carbocycles. The molecule has 0 atom stereocenters. The highest BCUT2D eigenvalue weighted by molar-refractivity contribution is 9.10. The lowest BCUT2D eigenvalue weighted by atomic mass is 10.1. The molecule has 0 bridgehead atoms. The Hall–Kier alpha value is -3.38. The Morgan fingerprint density at radius 3 is 2.17 bits per heavy atom. The Bertz CT molecular complexity index is 1610. The average Bonchev–Trinajstić information content (AvgIpc) is 3.22. The van der Waals surface area contributed by atoms with Crippen molar-refractivity contribution in [2.24, 2.45) is 0 Å². The molecule has 7 heteroatoms. The molecule has 0 fully saturated rings. The lowest BCUT2D eigenvalue weighted by molar-refractivity contribution is 0.0694. The smallest absolute Gasteiger partial charge is 0.345 e. The number of carbonyl (C=O) groups is 1. The number of aromatic nitrogens is 2. The van der Waals surface area contributed by atoms with Crippen LogP contribution in [-0.2, 0) is 11.3 Å². The number of nitrogens with zero attached hydrogens (tertiary/aromatic N) is 2. The molecule has 0 N–H and O–H groups in total. The number of rotatable bonds is 6. The maximum Gasteiger partial charge on any atom is 0.345 e. The van der Waals surface area contributed by atoms with E-state index in [1.165, 1.54) is 0 Å². The lowest BCUT2D eigenvalue weighted by Crippen LogP contribution is -2.07. The number of halogens is 3. The third-order valence-electron chi connectivity index (χ3n) is 5.67. The molecule has 1 aromatic heterocycles. The summed E-state index contributed by atoms with van der Waals surface area (Å²) < 4.78 is 8.98. The summed E-state index contributed by atoms with van der Waals surface area (Å²) in [5, 5.41) is 0.756. The molecule has 4 nitrogen and oxygen atoms in total. The molecule has 0 aliphatic heterocycles. The third kappa shape index (κ3) is 5.09. The largest absolute Gasteiger partial charge is 0.422 e. The maximum absolute atomic E-state index is 13.1. The second kappa shape index (κ2) is 10.7. The van der Waals surface area contributed by atoms with Crippen LogP contribution in [0.3, 0.4) is 0 Å². The fraction of sp³-hybridized carbons (Fsp3) is 0.0345. The molecule has 1 heterocycles. The molecular formula is C29H19BrCl2N2O2. The summed E-state index contributed by atoms with van der Waals surface area (Å²) >= 11 is 16.4. The van der Waals surface area contributed by atoms with Gasteiger partial charge in [0.15, 0.2) is 0 Å². The highest BCUT2D eigenvalue weighted by atomic mass is 79.9. The Morgan fingerprint density at radius 1 is 0.833 bits per heavy atom. The molecule has 36 heavy (non-hydrogen) atoms. The van der Waals surface area contributed by atoms with Gasteiger partial charge in [-0.2, -0.15) is 0 Å². The van der Waals surface area contributed by atoms with Gasteiger partial charge in [0.2, 0.25) is 0 Å². The highest BCUT2D eigenvalue weighted by Gasteiger charge is 2.19. The van der Waals surface area contributed by atoms with E-state index in [0.717, 1.165) is 21.1 Å². The van der Waals surface area contributed by atoms with Crippen molar-refractivity contribution in [1.82, 2.24) is 9.55 Å². The monoisotopic (exact) mass is 576 g/mol. The first-order valence-corrected chi connectivity index (χ1v) is 12.7. The summed E-state index contributed by atoms with van der Waals surface area (Å²) in [6, 6.07) is 29.9. The molecule has 0 saturated heterocycles. The molecule has 0 saturated carbocycles. The van der Waals surface area contributed by atoms with E-state index in [9.17, 15) is 4.79 Å². The number of benzene rings is 4. The van der Waals surface area contributed by atoms with Crippen LogP contribution in [0.25, 0.3) is 22.9 Å². The zero-order chi connectivity index (χ0) is 25.1. The van der Waals surface area contributed by atoms with Crippen molar-refractivity contribution in [3.05, 3.63) is 134 Å². The molecule has 0 aliphatic carbocycles. The first kappa shape index (κ1) is 24.3. The first-order valence-electron chi connectivity index (χ1n) is 11.1. The van der Waals surface area contributed by atoms with Gasteiger partial charge in [0, 0.05) is 16.1 Å². The van der Waals surface area contributed by atoms with Gasteiger partial charge in [-0.15, -0.1) is 0 Å². The third-order valence-corrected chi connectivity index (χ3v) is 7.10. The maximum atomic E-state index is 13.1. The van der Waals surface area contributed by atoms with Gasteiger partial charge in [-0.3, -0.25) is 0 Å². The number of ether oxygens (including phenoxy) is 1. The van der Waals surface area contributed by atoms with Crippen molar-refractivity contribution >= 4 is 68.0 Å². The SMILES string of the molecule is O=C(O/C(=C/c1nc2ccccc2n1Cc1ccccc1Br)c1ccccc1Cl)c1ccccc1Cl. The molecule has 5 aromatic rings. The van der Waals surface area contributed by atoms with Gasteiger partial charge in [0.25, 0.3) is 0 Å². The molecule has 0 spiro atoms. The zero-order valence-corrected chi connectivity index (χ0v) is 22.0. The minimum Gasteiger partial charge on any atom is -0.422 e. The van der Waals surface area contributed by atoms with E-state index in [0.29, 0.717) is 28.0 Å². The van der Waals surface area contributed by atoms with Gasteiger partial charge in [0.1, 0.15) is 11.6 Å². The molecule has 0 amide bonds. The van der Waals surface area contributed by atoms with E-state index >= 15 is 0 Å². The molecular weight excluding hydrogens is 559 g/mol. The van der Waals surface area contributed by atoms with Crippen LogP contribution in [-0.4, -0.2) is 15.5 Å². The van der Waals surface area contributed by atoms with Crippen molar-refractivity contribution < 1.29 is 9.53 Å². The van der Waals surface area contributed by atoms with Crippen LogP contribution in [0.2, 0.25) is 10.0 Å². The minimum absolute atomic E-state index is 0.263. The number of fused-ring (bicyclic) bond motifs is 1. The number of imidazole rings is 1. The van der Waals surface area contributed by atoms with Gasteiger partial charge in [-0.25, -0.2) is 9.78 Å². The van der Waals surface area contributed by atoms with Crippen molar-refractivity contribution in [3.8, 4) is 0 Å². The van der Waals surface area contributed by atoms with E-state index in [1.54, 1.807) is 42.5 Å². The molecule has 178 valence electrons. The fourth-order valence-corrected chi connectivity index (χ4v) is 4.74. The van der Waals surface area contributed by atoms with Crippen LogP contribution >= 0.6 is 39.1 Å². The first-order chi connectivity index (χ1) is 17.5. The van der Waals surface area contributed by atoms with Gasteiger partial charge in [-0.05, 0) is 48.0 Å². The van der Waals surface area contributed by atoms with Gasteiger partial charge in [0.05, 0.1) is 33.2 Å². The fourth-order valence-electron chi connectivity index (χ4n) is 3.89. The Morgan fingerprint density at radius 2 is 1.44 bits per heavy atom. The number of hydrogen-bond acceptors (Lipinski definition) is 3. The zero-order valence-electron chi connectivity index (χ0n) is 18.9. The van der Waals surface area contributed by atoms with Gasteiger partial charge < -0.3 is 9.30 Å². The average molecular weight is 578 g/mol. The van der Waals surface area contributed by atoms with Crippen molar-refractivity contribution in [1.29, 1.82) is 0 Å². The van der Waals surface area contributed by atoms with Crippen molar-refractivity contribution in [3.63, 3.8) is 0 Å². The number of esters is 1. The van der Waals surface area contributed by atoms with Crippen LogP contribution in [0.5, 0.6) is 0 Å². The number of carbonyl (C=O) groups excluding carboxylic acids is 1. The van der Waals surface area contributed by atoms with Crippen LogP contribution < -0.4 is 0 Å². The quantitative estimate of drug-likeness (QED) is 0.150. The molecule has 0 unspecified atom stereocenters. The number of para-hydroxylation sites is 2. The van der Waals surface area contributed by atoms with Crippen LogP contribution in [0.15, 0.2) is 102 Å². The van der Waals surface area contributed by atoms with Gasteiger partial charge in [-0.1, -0.05) is 93.7 Å². The predicted octanol–water partition coefficient (Wildman–Crippen LogP) is 8.51. The normalized spacial score (nSPS) is 11.6. The van der Waals surface area contributed by atoms with Crippen molar-refractivity contribution in [2.45, 2.75) is 6.54 Å². The van der Waals surface area contributed by atoms with Crippen LogP contribution in [0.4, 0.5) is 0 Å². The van der Waals surface area contributed by atoms with E-state index in [-0.39, 0.29) is 11.3 Å². The minimum atomic E-state index is -0.583. The van der Waals surface area contributed by atoms with Crippen LogP contribution in [0, 0.1) is 0 Å². The van der Waals surface area contributed by atoms with E-state index < -0.39 is 5.97 Å². The summed E-state index contributed by atoms with van der Waals surface area (Å²) in [6.07, 6.45) is 1.74. The molecule has 5 rings (SSSR count). The van der Waals surface area contributed by atoms with Crippen molar-refractivity contribution in [2.75, 3.05) is 0 Å². The topological polar surface area (TPSA) is 44.1 Å². The second-order valence-electron chi connectivity index (χ2n) is 7.99. The summed E-state index contributed by atoms with van der Waals surface area (Å²) in [4.78, 5) is 18.0. The summed E-state index contributed by atoms with van der Waals surface area (Å²) in [6.45, 7) is 0.558. The standard InChI is InChI=1S/C29H19BrCl2N2O2/c30-22-12-4-1-9-19(22)18-34-26-16-8-7-15-25(26)33-28(34)17-27(20-10-2-5-13-23(20)31)36-29(35)21-11-3-6-14-24(21)32/h1-17H,18H2/b27-17+. The summed E-state index contributed by atoms with van der Waals surface area (Å²) in [7, 11) is 0. The highest BCUT2D eigenvalue weighted by Crippen LogP contribution is 2.30. The van der Waals surface area contributed by atoms with Gasteiger partial charge >= 0.3 is 5.97 Å². The Kier molecular flexibility index (Phi) is 7.23. The Balaban J connectivity index is 1.65. The Labute approximate surface area is 226 Å². The van der Waals surface area contributed by atoms with E-state index in [2.05, 4.69) is 26.6 Å². The summed E-state index contributed by atoms with van der Waals surface area (Å²) in [5.41, 5.74) is 3.70. The lowest BCUT2D eigenvalue weighted by Gasteiger charge is -2.13. The summed E-state index contributed by atoms with van der Waals surface area (Å²) in [5.74, 6) is 0.309. The predicted molar refractivity (Wildman–Crippen MR) is 149 cm³/mol. The van der Waals surface area contributed by atoms with E-state index in [1.807, 2.05) is 54.6 Å². The molecule has 0 radical (unpaired) electrons.